The van der Waals surface area contributed by atoms with Gasteiger partial charge in [-0.1, -0.05) is 36.0 Å². The van der Waals surface area contributed by atoms with E-state index in [-0.39, 0.29) is 5.54 Å². The van der Waals surface area contributed by atoms with Crippen molar-refractivity contribution in [3.8, 4) is 0 Å². The molecule has 1 heterocycles. The zero-order valence-corrected chi connectivity index (χ0v) is 11.6. The average Bonchev–Trinajstić information content (AvgIpc) is 2.45. The van der Waals surface area contributed by atoms with Crippen molar-refractivity contribution in [2.75, 3.05) is 5.32 Å². The Morgan fingerprint density at radius 1 is 1.29 bits per heavy atom. The molecule has 0 aliphatic carbocycles. The Bertz CT molecular complexity index is 501. The molecule has 1 aliphatic heterocycles. The molecule has 2 nitrogen and oxygen atoms in total. The Morgan fingerprint density at radius 2 is 2.00 bits per heavy atom. The highest BCUT2D eigenvalue weighted by Crippen LogP contribution is 2.38. The SMILES string of the molecule is C=C1SC(Nc2ccc(C)cc2C)=NC1(C)C. The first-order valence-electron chi connectivity index (χ1n) is 5.70. The maximum Gasteiger partial charge on any atom is 0.166 e. The number of aliphatic imine (C=N–C) groups is 1. The number of nitrogens with zero attached hydrogens (tertiary/aromatic N) is 1. The summed E-state index contributed by atoms with van der Waals surface area (Å²) in [6.07, 6.45) is 0. The fraction of sp³-hybridized carbons (Fsp3) is 0.357. The van der Waals surface area contributed by atoms with Crippen LogP contribution in [0.1, 0.15) is 25.0 Å². The van der Waals surface area contributed by atoms with Gasteiger partial charge >= 0.3 is 0 Å². The summed E-state index contributed by atoms with van der Waals surface area (Å²) in [6.45, 7) is 12.4. The molecule has 90 valence electrons. The molecule has 1 aromatic rings. The lowest BCUT2D eigenvalue weighted by Crippen LogP contribution is -2.13. The van der Waals surface area contributed by atoms with E-state index >= 15 is 0 Å². The van der Waals surface area contributed by atoms with Crippen LogP contribution in [0.15, 0.2) is 34.7 Å². The number of hydrogen-bond acceptors (Lipinski definition) is 3. The van der Waals surface area contributed by atoms with E-state index in [0.29, 0.717) is 0 Å². The quantitative estimate of drug-likeness (QED) is 0.806. The van der Waals surface area contributed by atoms with E-state index in [4.69, 9.17) is 0 Å². The van der Waals surface area contributed by atoms with Crippen molar-refractivity contribution in [2.45, 2.75) is 33.2 Å². The lowest BCUT2D eigenvalue weighted by atomic mass is 10.1. The van der Waals surface area contributed by atoms with Gasteiger partial charge in [0.1, 0.15) is 0 Å². The van der Waals surface area contributed by atoms with Crippen LogP contribution in [0, 0.1) is 13.8 Å². The fourth-order valence-electron chi connectivity index (χ4n) is 1.70. The average molecular weight is 246 g/mol. The molecule has 0 bridgehead atoms. The van der Waals surface area contributed by atoms with Crippen molar-refractivity contribution in [1.82, 2.24) is 0 Å². The van der Waals surface area contributed by atoms with Gasteiger partial charge in [-0.2, -0.15) is 0 Å². The summed E-state index contributed by atoms with van der Waals surface area (Å²) in [6, 6.07) is 6.37. The summed E-state index contributed by atoms with van der Waals surface area (Å²) >= 11 is 1.62. The van der Waals surface area contributed by atoms with Gasteiger partial charge in [0.15, 0.2) is 5.17 Å². The Labute approximate surface area is 107 Å². The summed E-state index contributed by atoms with van der Waals surface area (Å²) in [5.74, 6) is 0. The van der Waals surface area contributed by atoms with Crippen LogP contribution in [0.3, 0.4) is 0 Å². The summed E-state index contributed by atoms with van der Waals surface area (Å²) in [5, 5.41) is 4.31. The Kier molecular flexibility index (Phi) is 3.04. The summed E-state index contributed by atoms with van der Waals surface area (Å²) in [7, 11) is 0. The molecule has 0 aromatic heterocycles. The van der Waals surface area contributed by atoms with E-state index < -0.39 is 0 Å². The van der Waals surface area contributed by atoms with Crippen LogP contribution in [0.4, 0.5) is 5.69 Å². The highest BCUT2D eigenvalue weighted by atomic mass is 32.2. The van der Waals surface area contributed by atoms with Crippen LogP contribution in [0.2, 0.25) is 0 Å². The van der Waals surface area contributed by atoms with Crippen molar-refractivity contribution < 1.29 is 0 Å². The van der Waals surface area contributed by atoms with Crippen LogP contribution >= 0.6 is 11.8 Å². The van der Waals surface area contributed by atoms with Gasteiger partial charge in [0.25, 0.3) is 0 Å². The van der Waals surface area contributed by atoms with E-state index in [2.05, 4.69) is 62.8 Å². The van der Waals surface area contributed by atoms with Crippen LogP contribution in [0.5, 0.6) is 0 Å². The topological polar surface area (TPSA) is 24.4 Å². The maximum absolute atomic E-state index is 4.63. The van der Waals surface area contributed by atoms with Gasteiger partial charge in [0.05, 0.1) is 5.54 Å². The second-order valence-electron chi connectivity index (χ2n) is 4.94. The second kappa shape index (κ2) is 4.22. The Balaban J connectivity index is 2.21. The van der Waals surface area contributed by atoms with E-state index in [1.54, 1.807) is 11.8 Å². The van der Waals surface area contributed by atoms with Crippen molar-refractivity contribution in [3.05, 3.63) is 40.8 Å². The van der Waals surface area contributed by atoms with Crippen LogP contribution in [-0.4, -0.2) is 10.7 Å². The monoisotopic (exact) mass is 246 g/mol. The largest absolute Gasteiger partial charge is 0.334 e. The van der Waals surface area contributed by atoms with Crippen molar-refractivity contribution in [2.24, 2.45) is 4.99 Å². The highest BCUT2D eigenvalue weighted by Gasteiger charge is 2.29. The molecule has 0 amide bonds. The minimum atomic E-state index is -0.161. The number of nitrogens with one attached hydrogen (secondary N) is 1. The maximum atomic E-state index is 4.63. The predicted molar refractivity (Wildman–Crippen MR) is 77.8 cm³/mol. The van der Waals surface area contributed by atoms with Crippen LogP contribution in [-0.2, 0) is 0 Å². The van der Waals surface area contributed by atoms with E-state index in [1.807, 2.05) is 0 Å². The third-order valence-electron chi connectivity index (χ3n) is 2.91. The molecule has 0 unspecified atom stereocenters. The smallest absolute Gasteiger partial charge is 0.166 e. The number of hydrogen-bond donors (Lipinski definition) is 1. The normalized spacial score (nSPS) is 18.1. The number of thioether (sulfide) groups is 1. The molecule has 0 spiro atoms. The lowest BCUT2D eigenvalue weighted by Gasteiger charge is -2.12. The van der Waals surface area contributed by atoms with Gasteiger partial charge in [-0.3, -0.25) is 4.99 Å². The van der Waals surface area contributed by atoms with Crippen molar-refractivity contribution >= 4 is 22.6 Å². The molecule has 1 N–H and O–H groups in total. The molecule has 2 rings (SSSR count). The Hall–Kier alpha value is -1.22. The minimum absolute atomic E-state index is 0.161. The molecule has 1 aromatic carbocycles. The predicted octanol–water partition coefficient (Wildman–Crippen LogP) is 4.11. The molecule has 1 aliphatic rings. The molecule has 0 atom stereocenters. The van der Waals surface area contributed by atoms with E-state index in [9.17, 15) is 0 Å². The van der Waals surface area contributed by atoms with E-state index in [1.165, 1.54) is 11.1 Å². The molecular formula is C14H18N2S. The summed E-state index contributed by atoms with van der Waals surface area (Å²) in [4.78, 5) is 5.72. The molecule has 0 saturated heterocycles. The van der Waals surface area contributed by atoms with Crippen LogP contribution in [0.25, 0.3) is 0 Å². The van der Waals surface area contributed by atoms with Gasteiger partial charge in [-0.25, -0.2) is 0 Å². The molecule has 0 saturated carbocycles. The van der Waals surface area contributed by atoms with Gasteiger partial charge < -0.3 is 5.32 Å². The zero-order chi connectivity index (χ0) is 12.6. The third-order valence-corrected chi connectivity index (χ3v) is 4.04. The van der Waals surface area contributed by atoms with Gasteiger partial charge in [0.2, 0.25) is 0 Å². The number of benzene rings is 1. The number of aryl methyl sites for hydroxylation is 2. The minimum Gasteiger partial charge on any atom is -0.334 e. The standard InChI is InChI=1S/C14H18N2S/c1-9-6-7-12(10(2)8-9)15-13-16-14(4,5)11(3)17-13/h6-8H,3H2,1-2,4-5H3,(H,15,16). The first-order chi connectivity index (χ1) is 7.88. The molecule has 0 fully saturated rings. The molecule has 0 radical (unpaired) electrons. The fourth-order valence-corrected chi connectivity index (χ4v) is 2.67. The number of rotatable bonds is 1. The zero-order valence-electron chi connectivity index (χ0n) is 10.8. The van der Waals surface area contributed by atoms with Crippen LogP contribution < -0.4 is 5.32 Å². The third kappa shape index (κ3) is 2.55. The number of anilines is 1. The molecule has 3 heteroatoms. The second-order valence-corrected chi connectivity index (χ2v) is 6.03. The van der Waals surface area contributed by atoms with Crippen molar-refractivity contribution in [3.63, 3.8) is 0 Å². The van der Waals surface area contributed by atoms with Gasteiger partial charge in [-0.05, 0) is 39.3 Å². The number of amidine groups is 1. The lowest BCUT2D eigenvalue weighted by molar-refractivity contribution is 0.657. The summed E-state index contributed by atoms with van der Waals surface area (Å²) in [5.41, 5.74) is 3.47. The van der Waals surface area contributed by atoms with Crippen molar-refractivity contribution in [1.29, 1.82) is 0 Å². The highest BCUT2D eigenvalue weighted by molar-refractivity contribution is 8.17. The Morgan fingerprint density at radius 3 is 2.53 bits per heavy atom. The van der Waals surface area contributed by atoms with Gasteiger partial charge in [-0.15, -0.1) is 0 Å². The first kappa shape index (κ1) is 12.2. The first-order valence-corrected chi connectivity index (χ1v) is 6.51. The van der Waals surface area contributed by atoms with E-state index in [0.717, 1.165) is 15.8 Å². The van der Waals surface area contributed by atoms with Gasteiger partial charge in [0, 0.05) is 10.6 Å². The molecular weight excluding hydrogens is 228 g/mol. The molecule has 17 heavy (non-hydrogen) atoms. The summed E-state index contributed by atoms with van der Waals surface area (Å²) < 4.78 is 0.